The van der Waals surface area contributed by atoms with Crippen molar-refractivity contribution in [1.29, 1.82) is 0 Å². The molecule has 0 aliphatic rings. The van der Waals surface area contributed by atoms with Crippen LogP contribution in [0.25, 0.3) is 0 Å². The minimum atomic E-state index is 1.05. The van der Waals surface area contributed by atoms with Crippen LogP contribution in [0.3, 0.4) is 0 Å². The Hall–Kier alpha value is -0.790. The van der Waals surface area contributed by atoms with Gasteiger partial charge in [-0.2, -0.15) is 0 Å². The van der Waals surface area contributed by atoms with Crippen LogP contribution < -0.4 is 0 Å². The molecule has 0 saturated heterocycles. The maximum atomic E-state index is 4.89. The lowest BCUT2D eigenvalue weighted by Crippen LogP contribution is -1.86. The summed E-state index contributed by atoms with van der Waals surface area (Å²) in [4.78, 5) is 0. The van der Waals surface area contributed by atoms with Crippen molar-refractivity contribution < 1.29 is 4.52 Å². The second kappa shape index (κ2) is 6.63. The highest BCUT2D eigenvalue weighted by Gasteiger charge is 2.01. The van der Waals surface area contributed by atoms with Gasteiger partial charge in [0.1, 0.15) is 6.26 Å². The molecule has 0 radical (unpaired) electrons. The van der Waals surface area contributed by atoms with E-state index in [1.165, 1.54) is 44.1 Å². The summed E-state index contributed by atoms with van der Waals surface area (Å²) in [6, 6.07) is 0. The van der Waals surface area contributed by atoms with Crippen molar-refractivity contribution in [3.63, 3.8) is 0 Å². The molecule has 0 aliphatic carbocycles. The monoisotopic (exact) mass is 195 g/mol. The van der Waals surface area contributed by atoms with E-state index >= 15 is 0 Å². The second-order valence-electron chi connectivity index (χ2n) is 3.94. The van der Waals surface area contributed by atoms with Gasteiger partial charge >= 0.3 is 0 Å². The molecular formula is C12H21NO. The molecule has 0 fully saturated rings. The van der Waals surface area contributed by atoms with Crippen molar-refractivity contribution >= 4 is 0 Å². The second-order valence-corrected chi connectivity index (χ2v) is 3.94. The number of unbranched alkanes of at least 4 members (excludes halogenated alkanes) is 5. The Morgan fingerprint density at radius 3 is 2.50 bits per heavy atom. The van der Waals surface area contributed by atoms with Crippen LogP contribution in [-0.2, 0) is 6.42 Å². The number of aromatic nitrogens is 1. The van der Waals surface area contributed by atoms with Gasteiger partial charge in [-0.3, -0.25) is 0 Å². The summed E-state index contributed by atoms with van der Waals surface area (Å²) in [5.41, 5.74) is 2.33. The molecule has 80 valence electrons. The van der Waals surface area contributed by atoms with Gasteiger partial charge in [-0.05, 0) is 19.8 Å². The number of hydrogen-bond donors (Lipinski definition) is 0. The molecule has 1 aromatic rings. The zero-order valence-electron chi connectivity index (χ0n) is 9.38. The molecule has 0 N–H and O–H groups in total. The summed E-state index contributed by atoms with van der Waals surface area (Å²) < 4.78 is 4.89. The van der Waals surface area contributed by atoms with Crippen LogP contribution >= 0.6 is 0 Å². The van der Waals surface area contributed by atoms with Gasteiger partial charge in [0.05, 0.1) is 5.69 Å². The molecule has 2 nitrogen and oxygen atoms in total. The fraction of sp³-hybridized carbons (Fsp3) is 0.750. The Bertz CT molecular complexity index is 242. The maximum absolute atomic E-state index is 4.89. The Labute approximate surface area is 86.7 Å². The van der Waals surface area contributed by atoms with Gasteiger partial charge in [0.15, 0.2) is 0 Å². The highest BCUT2D eigenvalue weighted by molar-refractivity contribution is 5.12. The first kappa shape index (κ1) is 11.3. The summed E-state index contributed by atoms with van der Waals surface area (Å²) >= 11 is 0. The molecule has 0 amide bonds. The van der Waals surface area contributed by atoms with E-state index in [4.69, 9.17) is 4.52 Å². The maximum Gasteiger partial charge on any atom is 0.127 e. The largest absolute Gasteiger partial charge is 0.364 e. The number of rotatable bonds is 7. The molecule has 1 rings (SSSR count). The van der Waals surface area contributed by atoms with E-state index in [1.54, 1.807) is 6.26 Å². The van der Waals surface area contributed by atoms with Crippen molar-refractivity contribution in [2.75, 3.05) is 0 Å². The van der Waals surface area contributed by atoms with Gasteiger partial charge < -0.3 is 4.52 Å². The van der Waals surface area contributed by atoms with Crippen LogP contribution in [0.4, 0.5) is 0 Å². The van der Waals surface area contributed by atoms with Crippen LogP contribution in [0.2, 0.25) is 0 Å². The van der Waals surface area contributed by atoms with E-state index in [2.05, 4.69) is 12.1 Å². The van der Waals surface area contributed by atoms with Crippen molar-refractivity contribution in [2.45, 2.75) is 58.8 Å². The quantitative estimate of drug-likeness (QED) is 0.617. The minimum Gasteiger partial charge on any atom is -0.364 e. The standard InChI is InChI=1S/C12H21NO/c1-3-4-5-6-7-8-9-12-10-14-13-11(12)2/h10H,3-9H2,1-2H3. The summed E-state index contributed by atoms with van der Waals surface area (Å²) in [5, 5.41) is 3.87. The van der Waals surface area contributed by atoms with E-state index in [1.807, 2.05) is 6.92 Å². The Kier molecular flexibility index (Phi) is 5.35. The summed E-state index contributed by atoms with van der Waals surface area (Å²) in [7, 11) is 0. The molecule has 1 heterocycles. The highest BCUT2D eigenvalue weighted by Crippen LogP contribution is 2.11. The van der Waals surface area contributed by atoms with E-state index < -0.39 is 0 Å². The lowest BCUT2D eigenvalue weighted by atomic mass is 10.1. The highest BCUT2D eigenvalue weighted by atomic mass is 16.5. The third-order valence-electron chi connectivity index (χ3n) is 2.65. The molecule has 0 atom stereocenters. The average Bonchev–Trinajstić information content (AvgIpc) is 2.58. The fourth-order valence-corrected chi connectivity index (χ4v) is 1.65. The molecule has 0 unspecified atom stereocenters. The first-order chi connectivity index (χ1) is 6.84. The Morgan fingerprint density at radius 2 is 1.86 bits per heavy atom. The molecule has 0 aromatic carbocycles. The van der Waals surface area contributed by atoms with Crippen LogP contribution in [-0.4, -0.2) is 5.16 Å². The first-order valence-electron chi connectivity index (χ1n) is 5.74. The smallest absolute Gasteiger partial charge is 0.127 e. The van der Waals surface area contributed by atoms with Gasteiger partial charge in [-0.15, -0.1) is 0 Å². The predicted octanol–water partition coefficient (Wildman–Crippen LogP) is 3.89. The van der Waals surface area contributed by atoms with Crippen molar-refractivity contribution in [1.82, 2.24) is 5.16 Å². The normalized spacial score (nSPS) is 10.7. The van der Waals surface area contributed by atoms with Crippen molar-refractivity contribution in [2.24, 2.45) is 0 Å². The van der Waals surface area contributed by atoms with Gasteiger partial charge in [0, 0.05) is 5.56 Å². The first-order valence-corrected chi connectivity index (χ1v) is 5.74. The number of nitrogens with zero attached hydrogens (tertiary/aromatic N) is 1. The van der Waals surface area contributed by atoms with Crippen molar-refractivity contribution in [3.05, 3.63) is 17.5 Å². The molecule has 0 saturated carbocycles. The topological polar surface area (TPSA) is 26.0 Å². The van der Waals surface area contributed by atoms with Gasteiger partial charge in [0.2, 0.25) is 0 Å². The Balaban J connectivity index is 2.02. The van der Waals surface area contributed by atoms with Crippen LogP contribution in [0, 0.1) is 6.92 Å². The Morgan fingerprint density at radius 1 is 1.14 bits per heavy atom. The number of hydrogen-bond acceptors (Lipinski definition) is 2. The SMILES string of the molecule is CCCCCCCCc1conc1C. The number of aryl methyl sites for hydroxylation is 2. The van der Waals surface area contributed by atoms with E-state index in [-0.39, 0.29) is 0 Å². The van der Waals surface area contributed by atoms with Gasteiger partial charge in [-0.25, -0.2) is 0 Å². The minimum absolute atomic E-state index is 1.05. The van der Waals surface area contributed by atoms with Crippen molar-refractivity contribution in [3.8, 4) is 0 Å². The molecule has 0 spiro atoms. The van der Waals surface area contributed by atoms with Crippen LogP contribution in [0.15, 0.2) is 10.8 Å². The fourth-order valence-electron chi connectivity index (χ4n) is 1.65. The molecule has 2 heteroatoms. The third-order valence-corrected chi connectivity index (χ3v) is 2.65. The van der Waals surface area contributed by atoms with E-state index in [0.29, 0.717) is 0 Å². The van der Waals surface area contributed by atoms with E-state index in [0.717, 1.165) is 12.1 Å². The zero-order chi connectivity index (χ0) is 10.2. The lowest BCUT2D eigenvalue weighted by molar-refractivity contribution is 0.414. The third kappa shape index (κ3) is 3.95. The molecular weight excluding hydrogens is 174 g/mol. The van der Waals surface area contributed by atoms with Crippen LogP contribution in [0.1, 0.15) is 56.7 Å². The molecule has 0 bridgehead atoms. The van der Waals surface area contributed by atoms with Crippen LogP contribution in [0.5, 0.6) is 0 Å². The molecule has 1 aromatic heterocycles. The predicted molar refractivity (Wildman–Crippen MR) is 58.3 cm³/mol. The lowest BCUT2D eigenvalue weighted by Gasteiger charge is -1.99. The zero-order valence-corrected chi connectivity index (χ0v) is 9.38. The molecule has 14 heavy (non-hydrogen) atoms. The van der Waals surface area contributed by atoms with Gasteiger partial charge in [0.25, 0.3) is 0 Å². The summed E-state index contributed by atoms with van der Waals surface area (Å²) in [6.07, 6.45) is 11.0. The van der Waals surface area contributed by atoms with E-state index in [9.17, 15) is 0 Å². The summed E-state index contributed by atoms with van der Waals surface area (Å²) in [6.45, 7) is 4.26. The molecule has 0 aliphatic heterocycles. The average molecular weight is 195 g/mol. The summed E-state index contributed by atoms with van der Waals surface area (Å²) in [5.74, 6) is 0. The van der Waals surface area contributed by atoms with Gasteiger partial charge in [-0.1, -0.05) is 44.2 Å².